The molecule has 0 amide bonds. The highest BCUT2D eigenvalue weighted by atomic mass is 35.5. The first-order valence-electron chi connectivity index (χ1n) is 7.32. The number of aryl methyl sites for hydroxylation is 3. The molecule has 4 nitrogen and oxygen atoms in total. The van der Waals surface area contributed by atoms with Crippen LogP contribution in [0.3, 0.4) is 0 Å². The molecule has 3 N–H and O–H groups in total. The average Bonchev–Trinajstić information content (AvgIpc) is 3.04. The molecule has 0 aromatic carbocycles. The van der Waals surface area contributed by atoms with E-state index in [2.05, 4.69) is 22.0 Å². The third-order valence-corrected chi connectivity index (χ3v) is 5.96. The van der Waals surface area contributed by atoms with Gasteiger partial charge >= 0.3 is 0 Å². The highest BCUT2D eigenvalue weighted by Gasteiger charge is 2.29. The quantitative estimate of drug-likeness (QED) is 0.671. The van der Waals surface area contributed by atoms with E-state index in [1.165, 1.54) is 29.7 Å². The molecule has 2 heterocycles. The molecule has 2 unspecified atom stereocenters. The van der Waals surface area contributed by atoms with Gasteiger partial charge in [-0.2, -0.15) is 5.10 Å². The summed E-state index contributed by atoms with van der Waals surface area (Å²) in [6.07, 6.45) is 4.42. The number of hydrogen-bond acceptors (Lipinski definition) is 4. The molecule has 1 aliphatic rings. The van der Waals surface area contributed by atoms with Crippen LogP contribution in [0.1, 0.15) is 40.5 Å². The summed E-state index contributed by atoms with van der Waals surface area (Å²) in [5.74, 6) is 6.33. The van der Waals surface area contributed by atoms with Gasteiger partial charge in [0, 0.05) is 29.4 Å². The number of nitrogens with one attached hydrogen (secondary N) is 1. The Labute approximate surface area is 134 Å². The van der Waals surface area contributed by atoms with E-state index in [9.17, 15) is 0 Å². The van der Waals surface area contributed by atoms with Gasteiger partial charge < -0.3 is 0 Å². The van der Waals surface area contributed by atoms with Crippen molar-refractivity contribution < 1.29 is 0 Å². The molecule has 0 bridgehead atoms. The zero-order valence-corrected chi connectivity index (χ0v) is 14.0. The lowest BCUT2D eigenvalue weighted by atomic mass is 9.80. The van der Waals surface area contributed by atoms with Crippen molar-refractivity contribution in [2.24, 2.45) is 12.9 Å². The SMILES string of the molecule is Cc1nn(C)c(Cl)c1CC(NN)C1CCCc2sccc21. The summed E-state index contributed by atoms with van der Waals surface area (Å²) in [6, 6.07) is 2.45. The van der Waals surface area contributed by atoms with Crippen molar-refractivity contribution >= 4 is 22.9 Å². The lowest BCUT2D eigenvalue weighted by Gasteiger charge is -2.30. The van der Waals surface area contributed by atoms with E-state index < -0.39 is 0 Å². The summed E-state index contributed by atoms with van der Waals surface area (Å²) in [4.78, 5) is 1.51. The topological polar surface area (TPSA) is 55.9 Å². The molecular formula is C15H21ClN4S. The molecule has 2 atom stereocenters. The van der Waals surface area contributed by atoms with Crippen LogP contribution in [-0.2, 0) is 19.9 Å². The van der Waals surface area contributed by atoms with E-state index >= 15 is 0 Å². The summed E-state index contributed by atoms with van der Waals surface area (Å²) < 4.78 is 1.73. The number of nitrogens with two attached hydrogens (primary N) is 1. The van der Waals surface area contributed by atoms with E-state index in [0.29, 0.717) is 11.1 Å². The molecular weight excluding hydrogens is 304 g/mol. The molecule has 21 heavy (non-hydrogen) atoms. The second-order valence-electron chi connectivity index (χ2n) is 5.75. The van der Waals surface area contributed by atoms with Crippen molar-refractivity contribution in [2.45, 2.75) is 44.6 Å². The van der Waals surface area contributed by atoms with E-state index in [0.717, 1.165) is 17.7 Å². The molecule has 0 aliphatic heterocycles. The Morgan fingerprint density at radius 2 is 2.43 bits per heavy atom. The normalized spacial score (nSPS) is 19.5. The fourth-order valence-corrected chi connectivity index (χ4v) is 4.63. The highest BCUT2D eigenvalue weighted by Crippen LogP contribution is 2.38. The average molecular weight is 325 g/mol. The summed E-state index contributed by atoms with van der Waals surface area (Å²) in [5, 5.41) is 7.31. The molecule has 0 radical (unpaired) electrons. The highest BCUT2D eigenvalue weighted by molar-refractivity contribution is 7.10. The Morgan fingerprint density at radius 1 is 1.62 bits per heavy atom. The second-order valence-corrected chi connectivity index (χ2v) is 7.11. The maximum Gasteiger partial charge on any atom is 0.130 e. The van der Waals surface area contributed by atoms with Gasteiger partial charge in [-0.15, -0.1) is 11.3 Å². The zero-order chi connectivity index (χ0) is 15.0. The third-order valence-electron chi connectivity index (χ3n) is 4.49. The van der Waals surface area contributed by atoms with Crippen LogP contribution in [0.15, 0.2) is 11.4 Å². The molecule has 2 aromatic heterocycles. The van der Waals surface area contributed by atoms with Crippen LogP contribution in [0, 0.1) is 6.92 Å². The maximum atomic E-state index is 6.37. The largest absolute Gasteiger partial charge is 0.271 e. The zero-order valence-electron chi connectivity index (χ0n) is 12.4. The van der Waals surface area contributed by atoms with Crippen molar-refractivity contribution in [2.75, 3.05) is 0 Å². The second kappa shape index (κ2) is 6.08. The fourth-order valence-electron chi connectivity index (χ4n) is 3.38. The Balaban J connectivity index is 1.87. The minimum Gasteiger partial charge on any atom is -0.271 e. The van der Waals surface area contributed by atoms with Gasteiger partial charge in [-0.1, -0.05) is 11.6 Å². The maximum absolute atomic E-state index is 6.37. The number of aromatic nitrogens is 2. The van der Waals surface area contributed by atoms with Gasteiger partial charge in [0.05, 0.1) is 5.69 Å². The molecule has 0 saturated heterocycles. The lowest BCUT2D eigenvalue weighted by Crippen LogP contribution is -2.42. The van der Waals surface area contributed by atoms with Gasteiger partial charge in [0.1, 0.15) is 5.15 Å². The molecule has 1 aliphatic carbocycles. The third kappa shape index (κ3) is 2.75. The Kier molecular flexibility index (Phi) is 4.36. The molecule has 6 heteroatoms. The van der Waals surface area contributed by atoms with Gasteiger partial charge in [-0.3, -0.25) is 16.0 Å². The van der Waals surface area contributed by atoms with Crippen molar-refractivity contribution in [3.8, 4) is 0 Å². The fraction of sp³-hybridized carbons (Fsp3) is 0.533. The first kappa shape index (κ1) is 15.0. The van der Waals surface area contributed by atoms with Crippen molar-refractivity contribution in [3.05, 3.63) is 38.3 Å². The number of thiophene rings is 1. The van der Waals surface area contributed by atoms with E-state index in [4.69, 9.17) is 17.4 Å². The summed E-state index contributed by atoms with van der Waals surface area (Å²) in [7, 11) is 1.88. The Hall–Kier alpha value is -0.880. The lowest BCUT2D eigenvalue weighted by molar-refractivity contribution is 0.397. The molecule has 3 rings (SSSR count). The number of hydrazine groups is 1. The number of halogens is 1. The van der Waals surface area contributed by atoms with Gasteiger partial charge in [-0.05, 0) is 49.6 Å². The summed E-state index contributed by atoms with van der Waals surface area (Å²) in [6.45, 7) is 2.01. The number of fused-ring (bicyclic) bond motifs is 1. The van der Waals surface area contributed by atoms with Crippen molar-refractivity contribution in [3.63, 3.8) is 0 Å². The van der Waals surface area contributed by atoms with Gasteiger partial charge in [-0.25, -0.2) is 0 Å². The minimum absolute atomic E-state index is 0.194. The van der Waals surface area contributed by atoms with Crippen LogP contribution in [0.5, 0.6) is 0 Å². The van der Waals surface area contributed by atoms with Crippen LogP contribution in [-0.4, -0.2) is 15.8 Å². The van der Waals surface area contributed by atoms with Crippen LogP contribution < -0.4 is 11.3 Å². The van der Waals surface area contributed by atoms with E-state index in [1.807, 2.05) is 25.3 Å². The van der Waals surface area contributed by atoms with E-state index in [-0.39, 0.29) is 6.04 Å². The van der Waals surface area contributed by atoms with Gasteiger partial charge in [0.2, 0.25) is 0 Å². The molecule has 114 valence electrons. The van der Waals surface area contributed by atoms with E-state index in [1.54, 1.807) is 4.68 Å². The Bertz CT molecular complexity index is 634. The smallest absolute Gasteiger partial charge is 0.130 e. The molecule has 0 spiro atoms. The standard InChI is InChI=1S/C15H21ClN4S/c1-9-12(15(16)20(2)19-9)8-13(18-17)10-4-3-5-14-11(10)6-7-21-14/h6-7,10,13,18H,3-5,8,17H2,1-2H3. The van der Waals surface area contributed by atoms with Crippen LogP contribution in [0.2, 0.25) is 5.15 Å². The van der Waals surface area contributed by atoms with Crippen molar-refractivity contribution in [1.82, 2.24) is 15.2 Å². The molecule has 0 fully saturated rings. The molecule has 2 aromatic rings. The number of nitrogens with zero attached hydrogens (tertiary/aromatic N) is 2. The summed E-state index contributed by atoms with van der Waals surface area (Å²) >= 11 is 8.23. The number of rotatable bonds is 4. The van der Waals surface area contributed by atoms with Gasteiger partial charge in [0.25, 0.3) is 0 Å². The first-order chi connectivity index (χ1) is 10.1. The van der Waals surface area contributed by atoms with Crippen molar-refractivity contribution in [1.29, 1.82) is 0 Å². The predicted molar refractivity (Wildman–Crippen MR) is 87.8 cm³/mol. The Morgan fingerprint density at radius 3 is 3.10 bits per heavy atom. The summed E-state index contributed by atoms with van der Waals surface area (Å²) in [5.41, 5.74) is 6.58. The number of hydrogen-bond donors (Lipinski definition) is 2. The first-order valence-corrected chi connectivity index (χ1v) is 8.58. The van der Waals surface area contributed by atoms with Gasteiger partial charge in [0.15, 0.2) is 0 Å². The minimum atomic E-state index is 0.194. The predicted octanol–water partition coefficient (Wildman–Crippen LogP) is 2.94. The van der Waals surface area contributed by atoms with Crippen LogP contribution in [0.25, 0.3) is 0 Å². The van der Waals surface area contributed by atoms with Crippen LogP contribution >= 0.6 is 22.9 Å². The molecule has 0 saturated carbocycles. The van der Waals surface area contributed by atoms with Crippen LogP contribution in [0.4, 0.5) is 0 Å². The monoisotopic (exact) mass is 324 g/mol.